The number of nitrogens with zero attached hydrogens (tertiary/aromatic N) is 4. The Bertz CT molecular complexity index is 704. The van der Waals surface area contributed by atoms with Gasteiger partial charge in [0, 0.05) is 18.8 Å². The molecular formula is C13H15N5OS2. The summed E-state index contributed by atoms with van der Waals surface area (Å²) in [4.78, 5) is 5.53. The first-order valence-corrected chi connectivity index (χ1v) is 8.35. The zero-order chi connectivity index (χ0) is 14.7. The van der Waals surface area contributed by atoms with Crippen molar-refractivity contribution >= 4 is 23.1 Å². The molecule has 0 spiro atoms. The van der Waals surface area contributed by atoms with E-state index in [0.29, 0.717) is 18.2 Å². The summed E-state index contributed by atoms with van der Waals surface area (Å²) in [5.74, 6) is 2.24. The Hall–Kier alpha value is -1.64. The lowest BCUT2D eigenvalue weighted by Crippen LogP contribution is -2.12. The molecule has 0 radical (unpaired) electrons. The lowest BCUT2D eigenvalue weighted by molar-refractivity contribution is 0.575. The zero-order valence-electron chi connectivity index (χ0n) is 11.5. The number of thioether (sulfide) groups is 1. The third-order valence-corrected chi connectivity index (χ3v) is 4.75. The number of aromatic nitrogens is 4. The molecule has 0 saturated heterocycles. The first-order chi connectivity index (χ1) is 10.3. The van der Waals surface area contributed by atoms with Crippen LogP contribution in [0.1, 0.15) is 11.5 Å². The van der Waals surface area contributed by atoms with Crippen molar-refractivity contribution < 1.29 is 4.42 Å². The molecule has 21 heavy (non-hydrogen) atoms. The van der Waals surface area contributed by atoms with Crippen molar-refractivity contribution in [2.75, 3.05) is 6.54 Å². The number of rotatable bonds is 6. The smallest absolute Gasteiger partial charge is 0.236 e. The van der Waals surface area contributed by atoms with Gasteiger partial charge in [-0.2, -0.15) is 0 Å². The van der Waals surface area contributed by atoms with Gasteiger partial charge in [-0.25, -0.2) is 4.98 Å². The normalized spacial score (nSPS) is 11.1. The Morgan fingerprint density at radius 1 is 1.43 bits per heavy atom. The van der Waals surface area contributed by atoms with Crippen LogP contribution in [0.15, 0.2) is 33.3 Å². The van der Waals surface area contributed by atoms with Crippen molar-refractivity contribution in [3.63, 3.8) is 0 Å². The molecule has 6 nitrogen and oxygen atoms in total. The molecule has 0 saturated carbocycles. The van der Waals surface area contributed by atoms with Gasteiger partial charge in [-0.05, 0) is 18.4 Å². The standard InChI is InChI=1S/C13H15N5OS2/c1-9-16-17-13(18(9)5-4-14)21-8-10-7-19-12(15-10)11-3-2-6-20-11/h2-3,6-7H,4-5,8,14H2,1H3. The maximum atomic E-state index is 5.61. The van der Waals surface area contributed by atoms with E-state index in [4.69, 9.17) is 10.2 Å². The molecule has 3 heterocycles. The van der Waals surface area contributed by atoms with Gasteiger partial charge in [0.1, 0.15) is 12.1 Å². The van der Waals surface area contributed by atoms with Gasteiger partial charge >= 0.3 is 0 Å². The maximum Gasteiger partial charge on any atom is 0.236 e. The SMILES string of the molecule is Cc1nnc(SCc2coc(-c3cccs3)n2)n1CCN. The van der Waals surface area contributed by atoms with Crippen molar-refractivity contribution in [1.82, 2.24) is 19.7 Å². The number of hydrogen-bond acceptors (Lipinski definition) is 7. The van der Waals surface area contributed by atoms with Crippen LogP contribution < -0.4 is 5.73 Å². The van der Waals surface area contributed by atoms with Gasteiger partial charge in [-0.3, -0.25) is 0 Å². The van der Waals surface area contributed by atoms with Crippen LogP contribution in [0.2, 0.25) is 0 Å². The lowest BCUT2D eigenvalue weighted by Gasteiger charge is -2.05. The minimum absolute atomic E-state index is 0.568. The molecule has 0 aliphatic carbocycles. The fraction of sp³-hybridized carbons (Fsp3) is 0.308. The monoisotopic (exact) mass is 321 g/mol. The topological polar surface area (TPSA) is 82.8 Å². The minimum Gasteiger partial charge on any atom is -0.444 e. The first-order valence-electron chi connectivity index (χ1n) is 6.49. The number of hydrogen-bond donors (Lipinski definition) is 1. The molecule has 3 rings (SSSR count). The summed E-state index contributed by atoms with van der Waals surface area (Å²) in [6, 6.07) is 3.98. The molecule has 3 aromatic rings. The van der Waals surface area contributed by atoms with Crippen molar-refractivity contribution in [3.8, 4) is 10.8 Å². The summed E-state index contributed by atoms with van der Waals surface area (Å²) >= 11 is 3.20. The third kappa shape index (κ3) is 3.17. The largest absolute Gasteiger partial charge is 0.444 e. The molecule has 3 aromatic heterocycles. The Morgan fingerprint density at radius 3 is 3.10 bits per heavy atom. The van der Waals surface area contributed by atoms with Crippen LogP contribution in [0.4, 0.5) is 0 Å². The van der Waals surface area contributed by atoms with E-state index >= 15 is 0 Å². The van der Waals surface area contributed by atoms with Gasteiger partial charge in [-0.15, -0.1) is 21.5 Å². The van der Waals surface area contributed by atoms with Crippen LogP contribution >= 0.6 is 23.1 Å². The van der Waals surface area contributed by atoms with Crippen molar-refractivity contribution in [2.45, 2.75) is 24.4 Å². The fourth-order valence-corrected chi connectivity index (χ4v) is 3.42. The highest BCUT2D eigenvalue weighted by atomic mass is 32.2. The van der Waals surface area contributed by atoms with E-state index in [1.54, 1.807) is 29.4 Å². The molecule has 0 unspecified atom stereocenters. The second kappa shape index (κ2) is 6.42. The third-order valence-electron chi connectivity index (χ3n) is 2.89. The molecule has 0 bridgehead atoms. The minimum atomic E-state index is 0.568. The Kier molecular flexibility index (Phi) is 4.37. The predicted molar refractivity (Wildman–Crippen MR) is 83.2 cm³/mol. The molecule has 0 fully saturated rings. The van der Waals surface area contributed by atoms with Gasteiger partial charge in [0.15, 0.2) is 5.16 Å². The van der Waals surface area contributed by atoms with Crippen LogP contribution in [-0.2, 0) is 12.3 Å². The summed E-state index contributed by atoms with van der Waals surface area (Å²) in [5, 5.41) is 11.1. The number of aryl methyl sites for hydroxylation is 1. The summed E-state index contributed by atoms with van der Waals surface area (Å²) in [5.41, 5.74) is 6.50. The molecule has 0 aliphatic heterocycles. The van der Waals surface area contributed by atoms with Crippen molar-refractivity contribution in [2.24, 2.45) is 5.73 Å². The maximum absolute atomic E-state index is 5.61. The van der Waals surface area contributed by atoms with Gasteiger partial charge < -0.3 is 14.7 Å². The molecule has 110 valence electrons. The quantitative estimate of drug-likeness (QED) is 0.703. The van der Waals surface area contributed by atoms with Crippen LogP contribution in [0.25, 0.3) is 10.8 Å². The first kappa shape index (κ1) is 14.3. The summed E-state index contributed by atoms with van der Waals surface area (Å²) in [6.07, 6.45) is 1.69. The van der Waals surface area contributed by atoms with E-state index < -0.39 is 0 Å². The highest BCUT2D eigenvalue weighted by Crippen LogP contribution is 2.26. The molecule has 2 N–H and O–H groups in total. The number of nitrogens with two attached hydrogens (primary N) is 1. The average Bonchev–Trinajstić information content (AvgIpc) is 3.19. The predicted octanol–water partition coefficient (Wildman–Crippen LogP) is 2.55. The van der Waals surface area contributed by atoms with Crippen LogP contribution in [-0.4, -0.2) is 26.3 Å². The molecule has 0 aliphatic rings. The Morgan fingerprint density at radius 2 is 2.33 bits per heavy atom. The Labute approximate surface area is 130 Å². The van der Waals surface area contributed by atoms with Gasteiger partial charge in [0.2, 0.25) is 5.89 Å². The summed E-state index contributed by atoms with van der Waals surface area (Å²) < 4.78 is 7.52. The molecule has 0 aromatic carbocycles. The van der Waals surface area contributed by atoms with Crippen LogP contribution in [0.5, 0.6) is 0 Å². The highest BCUT2D eigenvalue weighted by Gasteiger charge is 2.12. The van der Waals surface area contributed by atoms with Gasteiger partial charge in [-0.1, -0.05) is 17.8 Å². The number of thiophene rings is 1. The zero-order valence-corrected chi connectivity index (χ0v) is 13.2. The van der Waals surface area contributed by atoms with E-state index in [1.165, 1.54) is 0 Å². The molecule has 8 heteroatoms. The van der Waals surface area contributed by atoms with E-state index in [1.807, 2.05) is 29.0 Å². The molecular weight excluding hydrogens is 306 g/mol. The Balaban J connectivity index is 1.68. The van der Waals surface area contributed by atoms with Crippen molar-refractivity contribution in [3.05, 3.63) is 35.3 Å². The van der Waals surface area contributed by atoms with E-state index in [9.17, 15) is 0 Å². The number of oxazole rings is 1. The highest BCUT2D eigenvalue weighted by molar-refractivity contribution is 7.98. The lowest BCUT2D eigenvalue weighted by atomic mass is 10.5. The van der Waals surface area contributed by atoms with Gasteiger partial charge in [0.05, 0.1) is 10.6 Å². The fourth-order valence-electron chi connectivity index (χ4n) is 1.88. The van der Waals surface area contributed by atoms with Crippen LogP contribution in [0.3, 0.4) is 0 Å². The average molecular weight is 321 g/mol. The second-order valence-corrected chi connectivity index (χ2v) is 6.27. The van der Waals surface area contributed by atoms with Crippen LogP contribution in [0, 0.1) is 6.92 Å². The molecule has 0 atom stereocenters. The second-order valence-electron chi connectivity index (χ2n) is 4.38. The summed E-state index contributed by atoms with van der Waals surface area (Å²) in [7, 11) is 0. The van der Waals surface area contributed by atoms with Gasteiger partial charge in [0.25, 0.3) is 0 Å². The van der Waals surface area contributed by atoms with E-state index in [2.05, 4.69) is 15.2 Å². The van der Waals surface area contributed by atoms with E-state index in [0.717, 1.165) is 28.1 Å². The van der Waals surface area contributed by atoms with Crippen molar-refractivity contribution in [1.29, 1.82) is 0 Å². The summed E-state index contributed by atoms with van der Waals surface area (Å²) in [6.45, 7) is 3.22. The van der Waals surface area contributed by atoms with E-state index in [-0.39, 0.29) is 0 Å². The molecule has 0 amide bonds.